The molecule has 0 radical (unpaired) electrons. The molecule has 3 nitrogen and oxygen atoms in total. The van der Waals surface area contributed by atoms with Gasteiger partial charge in [0.05, 0.1) is 12.2 Å². The van der Waals surface area contributed by atoms with Gasteiger partial charge in [0, 0.05) is 25.7 Å². The first-order chi connectivity index (χ1) is 7.58. The lowest BCUT2D eigenvalue weighted by Gasteiger charge is -2.42. The van der Waals surface area contributed by atoms with Gasteiger partial charge in [-0.05, 0) is 26.2 Å². The largest absolute Gasteiger partial charge is 0.373 e. The van der Waals surface area contributed by atoms with Crippen LogP contribution in [0.4, 0.5) is 0 Å². The summed E-state index contributed by atoms with van der Waals surface area (Å²) >= 11 is 0. The van der Waals surface area contributed by atoms with Gasteiger partial charge in [-0.25, -0.2) is 0 Å². The Morgan fingerprint density at radius 2 is 1.88 bits per heavy atom. The number of morpholine rings is 1. The highest BCUT2D eigenvalue weighted by molar-refractivity contribution is 4.83. The Labute approximate surface area is 100 Å². The minimum Gasteiger partial charge on any atom is -0.373 e. The molecule has 0 saturated carbocycles. The van der Waals surface area contributed by atoms with Crippen LogP contribution in [-0.4, -0.2) is 42.8 Å². The number of hydrogen-bond acceptors (Lipinski definition) is 3. The molecular weight excluding hydrogens is 200 g/mol. The van der Waals surface area contributed by atoms with Crippen molar-refractivity contribution in [2.45, 2.75) is 58.8 Å². The maximum Gasteiger partial charge on any atom is 0.0678 e. The summed E-state index contributed by atoms with van der Waals surface area (Å²) in [6.07, 6.45) is 3.19. The van der Waals surface area contributed by atoms with Crippen molar-refractivity contribution in [3.05, 3.63) is 0 Å². The highest BCUT2D eigenvalue weighted by Crippen LogP contribution is 2.20. The fourth-order valence-electron chi connectivity index (χ4n) is 2.88. The van der Waals surface area contributed by atoms with E-state index in [4.69, 9.17) is 10.5 Å². The normalized spacial score (nSPS) is 31.3. The van der Waals surface area contributed by atoms with Crippen molar-refractivity contribution in [3.8, 4) is 0 Å². The summed E-state index contributed by atoms with van der Waals surface area (Å²) in [6.45, 7) is 11.7. The van der Waals surface area contributed by atoms with Crippen molar-refractivity contribution < 1.29 is 4.74 Å². The van der Waals surface area contributed by atoms with E-state index in [1.54, 1.807) is 0 Å². The molecular formula is C13H28N2O. The van der Waals surface area contributed by atoms with Crippen molar-refractivity contribution in [2.75, 3.05) is 19.6 Å². The van der Waals surface area contributed by atoms with Crippen molar-refractivity contribution in [1.29, 1.82) is 0 Å². The maximum atomic E-state index is 5.94. The second-order valence-corrected chi connectivity index (χ2v) is 5.28. The monoisotopic (exact) mass is 228 g/mol. The summed E-state index contributed by atoms with van der Waals surface area (Å²) in [6, 6.07) is 0.522. The Balaban J connectivity index is 2.57. The zero-order valence-corrected chi connectivity index (χ0v) is 11.3. The van der Waals surface area contributed by atoms with Crippen molar-refractivity contribution in [1.82, 2.24) is 4.90 Å². The topological polar surface area (TPSA) is 38.5 Å². The van der Waals surface area contributed by atoms with Gasteiger partial charge in [0.2, 0.25) is 0 Å². The van der Waals surface area contributed by atoms with Gasteiger partial charge in [0.25, 0.3) is 0 Å². The maximum absolute atomic E-state index is 5.94. The molecule has 0 spiro atoms. The Morgan fingerprint density at radius 3 is 2.31 bits per heavy atom. The molecule has 96 valence electrons. The van der Waals surface area contributed by atoms with Gasteiger partial charge in [-0.2, -0.15) is 0 Å². The van der Waals surface area contributed by atoms with E-state index in [0.717, 1.165) is 19.6 Å². The van der Waals surface area contributed by atoms with Crippen LogP contribution >= 0.6 is 0 Å². The van der Waals surface area contributed by atoms with Crippen molar-refractivity contribution in [2.24, 2.45) is 11.7 Å². The molecule has 1 heterocycles. The third-order valence-corrected chi connectivity index (χ3v) is 3.56. The molecule has 1 aliphatic rings. The van der Waals surface area contributed by atoms with Crippen molar-refractivity contribution in [3.63, 3.8) is 0 Å². The van der Waals surface area contributed by atoms with E-state index in [9.17, 15) is 0 Å². The van der Waals surface area contributed by atoms with Gasteiger partial charge in [-0.15, -0.1) is 0 Å². The fraction of sp³-hybridized carbons (Fsp3) is 1.00. The SMILES string of the molecule is CCCC(C)C(CN)N1C[C@@H](C)O[C@@H](C)C1. The first kappa shape index (κ1) is 13.9. The average molecular weight is 228 g/mol. The molecule has 0 bridgehead atoms. The summed E-state index contributed by atoms with van der Waals surface area (Å²) in [5.74, 6) is 0.687. The van der Waals surface area contributed by atoms with Gasteiger partial charge >= 0.3 is 0 Å². The molecule has 2 unspecified atom stereocenters. The summed E-state index contributed by atoms with van der Waals surface area (Å²) in [4.78, 5) is 2.53. The van der Waals surface area contributed by atoms with Gasteiger partial charge < -0.3 is 10.5 Å². The second kappa shape index (κ2) is 6.58. The molecule has 0 aromatic heterocycles. The molecule has 0 aromatic carbocycles. The molecule has 1 rings (SSSR count). The van der Waals surface area contributed by atoms with Crippen LogP contribution in [0, 0.1) is 5.92 Å². The van der Waals surface area contributed by atoms with E-state index in [1.807, 2.05) is 0 Å². The van der Waals surface area contributed by atoms with E-state index < -0.39 is 0 Å². The third-order valence-electron chi connectivity index (χ3n) is 3.56. The quantitative estimate of drug-likeness (QED) is 0.780. The number of ether oxygens (including phenoxy) is 1. The first-order valence-corrected chi connectivity index (χ1v) is 6.68. The lowest BCUT2D eigenvalue weighted by atomic mass is 9.94. The molecule has 0 amide bonds. The summed E-state index contributed by atoms with van der Waals surface area (Å²) < 4.78 is 5.77. The van der Waals surface area contributed by atoms with Gasteiger partial charge in [-0.3, -0.25) is 4.90 Å². The van der Waals surface area contributed by atoms with E-state index in [0.29, 0.717) is 24.2 Å². The van der Waals surface area contributed by atoms with Crippen LogP contribution in [0.25, 0.3) is 0 Å². The molecule has 1 saturated heterocycles. The predicted octanol–water partition coefficient (Wildman–Crippen LogP) is 1.86. The number of nitrogens with zero attached hydrogens (tertiary/aromatic N) is 1. The van der Waals surface area contributed by atoms with E-state index >= 15 is 0 Å². The van der Waals surface area contributed by atoms with Crippen LogP contribution in [0.3, 0.4) is 0 Å². The molecule has 0 aromatic rings. The smallest absolute Gasteiger partial charge is 0.0678 e. The predicted molar refractivity (Wildman–Crippen MR) is 68.5 cm³/mol. The lowest BCUT2D eigenvalue weighted by molar-refractivity contribution is -0.0853. The lowest BCUT2D eigenvalue weighted by Crippen LogP contribution is -2.54. The Kier molecular flexibility index (Phi) is 5.73. The van der Waals surface area contributed by atoms with Crippen LogP contribution in [0.15, 0.2) is 0 Å². The number of nitrogens with two attached hydrogens (primary N) is 1. The van der Waals surface area contributed by atoms with E-state index in [-0.39, 0.29) is 0 Å². The Bertz CT molecular complexity index is 188. The van der Waals surface area contributed by atoms with Gasteiger partial charge in [-0.1, -0.05) is 20.3 Å². The molecule has 3 heteroatoms. The highest BCUT2D eigenvalue weighted by Gasteiger charge is 2.29. The van der Waals surface area contributed by atoms with Crippen LogP contribution in [0.2, 0.25) is 0 Å². The van der Waals surface area contributed by atoms with E-state index in [1.165, 1.54) is 12.8 Å². The molecule has 1 fully saturated rings. The second-order valence-electron chi connectivity index (χ2n) is 5.28. The molecule has 2 N–H and O–H groups in total. The first-order valence-electron chi connectivity index (χ1n) is 6.68. The summed E-state index contributed by atoms with van der Waals surface area (Å²) in [5.41, 5.74) is 5.94. The molecule has 16 heavy (non-hydrogen) atoms. The van der Waals surface area contributed by atoms with Crippen LogP contribution in [0.1, 0.15) is 40.5 Å². The molecule has 1 aliphatic heterocycles. The Hall–Kier alpha value is -0.120. The Morgan fingerprint density at radius 1 is 1.31 bits per heavy atom. The minimum absolute atomic E-state index is 0.339. The van der Waals surface area contributed by atoms with Crippen molar-refractivity contribution >= 4 is 0 Å². The van der Waals surface area contributed by atoms with Crippen LogP contribution in [0.5, 0.6) is 0 Å². The average Bonchev–Trinajstić information content (AvgIpc) is 2.17. The number of hydrogen-bond donors (Lipinski definition) is 1. The summed E-state index contributed by atoms with van der Waals surface area (Å²) in [5, 5.41) is 0. The fourth-order valence-corrected chi connectivity index (χ4v) is 2.88. The highest BCUT2D eigenvalue weighted by atomic mass is 16.5. The molecule has 0 aliphatic carbocycles. The number of rotatable bonds is 5. The van der Waals surface area contributed by atoms with Crippen LogP contribution in [-0.2, 0) is 4.74 Å². The van der Waals surface area contributed by atoms with Gasteiger partial charge in [0.1, 0.15) is 0 Å². The molecule has 4 atom stereocenters. The van der Waals surface area contributed by atoms with Gasteiger partial charge in [0.15, 0.2) is 0 Å². The zero-order valence-electron chi connectivity index (χ0n) is 11.3. The van der Waals surface area contributed by atoms with Crippen LogP contribution < -0.4 is 5.73 Å². The standard InChI is InChI=1S/C13H28N2O/c1-5-6-10(2)13(7-14)15-8-11(3)16-12(4)9-15/h10-13H,5-9,14H2,1-4H3/t10?,11-,12+,13?. The van der Waals surface area contributed by atoms with E-state index in [2.05, 4.69) is 32.6 Å². The zero-order chi connectivity index (χ0) is 12.1. The third kappa shape index (κ3) is 3.72. The minimum atomic E-state index is 0.339. The summed E-state index contributed by atoms with van der Waals surface area (Å²) in [7, 11) is 0.